The van der Waals surface area contributed by atoms with Crippen LogP contribution < -0.4 is 0 Å². The molecule has 1 saturated heterocycles. The third-order valence-electron chi connectivity index (χ3n) is 5.53. The molecule has 1 saturated carbocycles. The Morgan fingerprint density at radius 2 is 2.00 bits per heavy atom. The molecule has 1 aromatic carbocycles. The summed E-state index contributed by atoms with van der Waals surface area (Å²) in [6, 6.07) is 8.83. The summed E-state index contributed by atoms with van der Waals surface area (Å²) in [5.74, 6) is -0.180. The highest BCUT2D eigenvalue weighted by molar-refractivity contribution is 5.90. The van der Waals surface area contributed by atoms with Crippen LogP contribution in [0.5, 0.6) is 0 Å². The van der Waals surface area contributed by atoms with Gasteiger partial charge in [-0.1, -0.05) is 44.5 Å². The van der Waals surface area contributed by atoms with E-state index in [0.717, 1.165) is 12.8 Å². The van der Waals surface area contributed by atoms with Gasteiger partial charge >= 0.3 is 11.9 Å². The number of rotatable bonds is 8. The average Bonchev–Trinajstić information content (AvgIpc) is 3.16. The average molecular weight is 384 g/mol. The minimum absolute atomic E-state index is 0.0409. The largest absolute Gasteiger partial charge is 0.462 e. The molecule has 1 aliphatic carbocycles. The number of esters is 2. The van der Waals surface area contributed by atoms with Crippen LogP contribution in [0.25, 0.3) is 0 Å². The Labute approximate surface area is 166 Å². The van der Waals surface area contributed by atoms with Crippen molar-refractivity contribution >= 4 is 17.7 Å². The smallest absolute Gasteiger partial charge is 0.338 e. The van der Waals surface area contributed by atoms with Gasteiger partial charge in [-0.05, 0) is 30.5 Å². The molecule has 0 N–H and O–H groups in total. The van der Waals surface area contributed by atoms with E-state index in [4.69, 9.17) is 9.47 Å². The first-order valence-electron chi connectivity index (χ1n) is 10.1. The molecule has 0 radical (unpaired) electrons. The van der Waals surface area contributed by atoms with Gasteiger partial charge in [-0.25, -0.2) is 4.79 Å². The van der Waals surface area contributed by atoms with Gasteiger partial charge in [0.05, 0.1) is 12.0 Å². The summed E-state index contributed by atoms with van der Waals surface area (Å²) >= 11 is 0. The molecule has 4 atom stereocenters. The number of carbonyl (C=O) groups excluding carboxylic acids is 3. The molecule has 2 fully saturated rings. The van der Waals surface area contributed by atoms with Crippen LogP contribution in [0.1, 0.15) is 56.3 Å². The molecule has 28 heavy (non-hydrogen) atoms. The molecule has 0 bridgehead atoms. The molecule has 5 heteroatoms. The molecule has 1 aromatic rings. The lowest BCUT2D eigenvalue weighted by Crippen LogP contribution is -2.24. The van der Waals surface area contributed by atoms with Crippen LogP contribution in [-0.2, 0) is 19.1 Å². The second-order valence-electron chi connectivity index (χ2n) is 8.13. The van der Waals surface area contributed by atoms with Gasteiger partial charge in [-0.2, -0.15) is 0 Å². The fraction of sp³-hybridized carbons (Fsp3) is 0.522. The van der Waals surface area contributed by atoms with Crippen molar-refractivity contribution < 1.29 is 23.9 Å². The molecule has 5 nitrogen and oxygen atoms in total. The topological polar surface area (TPSA) is 69.7 Å². The summed E-state index contributed by atoms with van der Waals surface area (Å²) in [5.41, 5.74) is 0.490. The molecule has 3 unspecified atom stereocenters. The summed E-state index contributed by atoms with van der Waals surface area (Å²) < 4.78 is 11.1. The Bertz CT molecular complexity index is 737. The maximum atomic E-state index is 12.5. The third-order valence-corrected chi connectivity index (χ3v) is 5.53. The zero-order valence-electron chi connectivity index (χ0n) is 16.5. The van der Waals surface area contributed by atoms with Crippen LogP contribution >= 0.6 is 0 Å². The molecule has 2 aliphatic rings. The highest BCUT2D eigenvalue weighted by atomic mass is 16.6. The Hall–Kier alpha value is -2.43. The van der Waals surface area contributed by atoms with Crippen molar-refractivity contribution in [2.24, 2.45) is 17.8 Å². The van der Waals surface area contributed by atoms with Crippen molar-refractivity contribution in [2.75, 3.05) is 0 Å². The SMILES string of the molecule is CC(C)CCCC(=O)/C=C/[C@H]1C(OC(=O)c2ccccc2)CC2OC(=O)CC21. The van der Waals surface area contributed by atoms with Gasteiger partial charge in [0.1, 0.15) is 12.2 Å². The van der Waals surface area contributed by atoms with E-state index < -0.39 is 12.1 Å². The maximum absolute atomic E-state index is 12.5. The predicted molar refractivity (Wildman–Crippen MR) is 105 cm³/mol. The van der Waals surface area contributed by atoms with Crippen molar-refractivity contribution in [2.45, 2.75) is 58.2 Å². The molecule has 1 aliphatic heterocycles. The lowest BCUT2D eigenvalue weighted by molar-refractivity contribution is -0.141. The first-order chi connectivity index (χ1) is 13.4. The fourth-order valence-corrected chi connectivity index (χ4v) is 4.06. The van der Waals surface area contributed by atoms with E-state index in [-0.39, 0.29) is 29.7 Å². The highest BCUT2D eigenvalue weighted by Gasteiger charge is 2.50. The number of allylic oxidation sites excluding steroid dienone is 1. The van der Waals surface area contributed by atoms with Gasteiger partial charge in [-0.3, -0.25) is 9.59 Å². The molecule has 150 valence electrons. The van der Waals surface area contributed by atoms with Gasteiger partial charge in [0.15, 0.2) is 5.78 Å². The van der Waals surface area contributed by atoms with Gasteiger partial charge < -0.3 is 9.47 Å². The van der Waals surface area contributed by atoms with Crippen LogP contribution in [0.4, 0.5) is 0 Å². The van der Waals surface area contributed by atoms with Crippen molar-refractivity contribution in [3.05, 3.63) is 48.0 Å². The summed E-state index contributed by atoms with van der Waals surface area (Å²) in [5, 5.41) is 0. The zero-order chi connectivity index (χ0) is 20.1. The van der Waals surface area contributed by atoms with Crippen LogP contribution in [-0.4, -0.2) is 29.9 Å². The monoisotopic (exact) mass is 384 g/mol. The van der Waals surface area contributed by atoms with Crippen molar-refractivity contribution in [3.8, 4) is 0 Å². The van der Waals surface area contributed by atoms with Gasteiger partial charge in [0, 0.05) is 24.7 Å². The molecule has 0 spiro atoms. The summed E-state index contributed by atoms with van der Waals surface area (Å²) in [6.45, 7) is 4.28. The molecule has 1 heterocycles. The quantitative estimate of drug-likeness (QED) is 0.498. The van der Waals surface area contributed by atoms with E-state index in [0.29, 0.717) is 30.7 Å². The van der Waals surface area contributed by atoms with Gasteiger partial charge in [0.25, 0.3) is 0 Å². The molecular formula is C23H28O5. The number of benzene rings is 1. The van der Waals surface area contributed by atoms with E-state index in [1.54, 1.807) is 30.3 Å². The Morgan fingerprint density at radius 1 is 1.25 bits per heavy atom. The van der Waals surface area contributed by atoms with Gasteiger partial charge in [-0.15, -0.1) is 0 Å². The number of hydrogen-bond acceptors (Lipinski definition) is 5. The van der Waals surface area contributed by atoms with Crippen molar-refractivity contribution in [1.82, 2.24) is 0 Å². The standard InChI is InChI=1S/C23H28O5/c1-15(2)7-6-10-17(24)11-12-18-19-13-22(25)27-21(19)14-20(18)28-23(26)16-8-4-3-5-9-16/h3-5,8-9,11-12,15,18-21H,6-7,10,13-14H2,1-2H3/b12-11+/t18-,19?,20?,21?/m1/s1. The second-order valence-corrected chi connectivity index (χ2v) is 8.13. The number of hydrogen-bond donors (Lipinski definition) is 0. The van der Waals surface area contributed by atoms with Crippen molar-refractivity contribution in [3.63, 3.8) is 0 Å². The molecule has 0 aromatic heterocycles. The van der Waals surface area contributed by atoms with E-state index in [9.17, 15) is 14.4 Å². The maximum Gasteiger partial charge on any atom is 0.338 e. The minimum Gasteiger partial charge on any atom is -0.462 e. The van der Waals surface area contributed by atoms with Crippen LogP contribution in [0.2, 0.25) is 0 Å². The Balaban J connectivity index is 1.65. The lowest BCUT2D eigenvalue weighted by atomic mass is 9.91. The molecule has 3 rings (SSSR count). The molecule has 0 amide bonds. The number of ether oxygens (including phenoxy) is 2. The Kier molecular flexibility index (Phi) is 6.65. The fourth-order valence-electron chi connectivity index (χ4n) is 4.06. The summed E-state index contributed by atoms with van der Waals surface area (Å²) in [4.78, 5) is 36.3. The van der Waals surface area contributed by atoms with Crippen LogP contribution in [0, 0.1) is 17.8 Å². The lowest BCUT2D eigenvalue weighted by Gasteiger charge is -2.20. The third kappa shape index (κ3) is 5.09. The van der Waals surface area contributed by atoms with Crippen LogP contribution in [0.15, 0.2) is 42.5 Å². The number of fused-ring (bicyclic) bond motifs is 1. The predicted octanol–water partition coefficient (Wildman–Crippen LogP) is 4.12. The highest BCUT2D eigenvalue weighted by Crippen LogP contribution is 2.43. The van der Waals surface area contributed by atoms with Gasteiger partial charge in [0.2, 0.25) is 0 Å². The van der Waals surface area contributed by atoms with E-state index in [1.807, 2.05) is 12.1 Å². The van der Waals surface area contributed by atoms with E-state index >= 15 is 0 Å². The minimum atomic E-state index is -0.393. The number of carbonyl (C=O) groups is 3. The first kappa shape index (κ1) is 20.3. The first-order valence-corrected chi connectivity index (χ1v) is 10.1. The summed E-state index contributed by atoms with van der Waals surface area (Å²) in [7, 11) is 0. The second kappa shape index (κ2) is 9.18. The zero-order valence-corrected chi connectivity index (χ0v) is 16.5. The normalized spacial score (nSPS) is 26.5. The Morgan fingerprint density at radius 3 is 2.71 bits per heavy atom. The van der Waals surface area contributed by atoms with Crippen molar-refractivity contribution in [1.29, 1.82) is 0 Å². The van der Waals surface area contributed by atoms with Crippen LogP contribution in [0.3, 0.4) is 0 Å². The van der Waals surface area contributed by atoms with E-state index in [1.165, 1.54) is 0 Å². The molecular weight excluding hydrogens is 356 g/mol. The number of ketones is 1. The van der Waals surface area contributed by atoms with E-state index in [2.05, 4.69) is 13.8 Å². The summed E-state index contributed by atoms with van der Waals surface area (Å²) in [6.07, 6.45) is 5.97.